The average molecular weight is 424 g/mol. The number of piperazine rings is 1. The Labute approximate surface area is 185 Å². The fourth-order valence-corrected chi connectivity index (χ4v) is 3.57. The SMILES string of the molecule is COc1ccccc1N1CCN(C(=NCC(=O)N(C)C)NCCc2ccccc2)CC1. The highest BCUT2D eigenvalue weighted by Gasteiger charge is 2.22. The predicted molar refractivity (Wildman–Crippen MR) is 126 cm³/mol. The largest absolute Gasteiger partial charge is 0.495 e. The summed E-state index contributed by atoms with van der Waals surface area (Å²) in [5, 5.41) is 3.47. The van der Waals surface area contributed by atoms with Gasteiger partial charge in [0, 0.05) is 46.8 Å². The molecule has 0 aliphatic carbocycles. The van der Waals surface area contributed by atoms with Gasteiger partial charge in [0.15, 0.2) is 5.96 Å². The first-order chi connectivity index (χ1) is 15.1. The summed E-state index contributed by atoms with van der Waals surface area (Å²) in [5.74, 6) is 1.68. The molecule has 1 fully saturated rings. The standard InChI is InChI=1S/C24H33N5O2/c1-27(2)23(30)19-26-24(25-14-13-20-9-5-4-6-10-20)29-17-15-28(16-18-29)21-11-7-8-12-22(21)31-3/h4-12H,13-19H2,1-3H3,(H,25,26). The first kappa shape index (κ1) is 22.5. The summed E-state index contributed by atoms with van der Waals surface area (Å²) in [6, 6.07) is 18.5. The van der Waals surface area contributed by atoms with Crippen molar-refractivity contribution in [3.63, 3.8) is 0 Å². The van der Waals surface area contributed by atoms with Gasteiger partial charge in [-0.15, -0.1) is 0 Å². The molecule has 2 aromatic rings. The number of ether oxygens (including phenoxy) is 1. The Morgan fingerprint density at radius 3 is 2.39 bits per heavy atom. The third kappa shape index (κ3) is 6.38. The molecular formula is C24H33N5O2. The van der Waals surface area contributed by atoms with Crippen molar-refractivity contribution in [1.82, 2.24) is 15.1 Å². The molecule has 2 aromatic carbocycles. The lowest BCUT2D eigenvalue weighted by molar-refractivity contribution is -0.127. The summed E-state index contributed by atoms with van der Waals surface area (Å²) in [5.41, 5.74) is 2.39. The van der Waals surface area contributed by atoms with Crippen molar-refractivity contribution >= 4 is 17.6 Å². The van der Waals surface area contributed by atoms with Crippen LogP contribution < -0.4 is 15.0 Å². The van der Waals surface area contributed by atoms with Crippen molar-refractivity contribution in [3.8, 4) is 5.75 Å². The normalized spacial score (nSPS) is 14.4. The number of guanidine groups is 1. The predicted octanol–water partition coefficient (Wildman–Crippen LogP) is 2.09. The first-order valence-electron chi connectivity index (χ1n) is 10.7. The van der Waals surface area contributed by atoms with Gasteiger partial charge in [0.05, 0.1) is 12.8 Å². The van der Waals surface area contributed by atoms with Crippen LogP contribution in [-0.2, 0) is 11.2 Å². The van der Waals surface area contributed by atoms with Crippen molar-refractivity contribution < 1.29 is 9.53 Å². The number of benzene rings is 2. The summed E-state index contributed by atoms with van der Waals surface area (Å²) < 4.78 is 5.52. The molecule has 1 aliphatic rings. The number of nitrogens with zero attached hydrogens (tertiary/aromatic N) is 4. The second-order valence-electron chi connectivity index (χ2n) is 7.74. The highest BCUT2D eigenvalue weighted by Crippen LogP contribution is 2.28. The molecule has 7 nitrogen and oxygen atoms in total. The summed E-state index contributed by atoms with van der Waals surface area (Å²) in [4.78, 5) is 22.9. The lowest BCUT2D eigenvalue weighted by atomic mass is 10.1. The Morgan fingerprint density at radius 2 is 1.71 bits per heavy atom. The fraction of sp³-hybridized carbons (Fsp3) is 0.417. The zero-order valence-electron chi connectivity index (χ0n) is 18.8. The summed E-state index contributed by atoms with van der Waals surface area (Å²) in [6.45, 7) is 4.29. The molecule has 1 aliphatic heterocycles. The quantitative estimate of drug-likeness (QED) is 0.546. The summed E-state index contributed by atoms with van der Waals surface area (Å²) in [7, 11) is 5.22. The molecule has 0 bridgehead atoms. The molecule has 0 aromatic heterocycles. The van der Waals surface area contributed by atoms with Crippen molar-refractivity contribution in [3.05, 3.63) is 60.2 Å². The zero-order chi connectivity index (χ0) is 22.1. The highest BCUT2D eigenvalue weighted by atomic mass is 16.5. The van der Waals surface area contributed by atoms with Gasteiger partial charge in [-0.25, -0.2) is 4.99 Å². The zero-order valence-corrected chi connectivity index (χ0v) is 18.8. The van der Waals surface area contributed by atoms with Gasteiger partial charge in [-0.3, -0.25) is 4.79 Å². The number of amides is 1. The van der Waals surface area contributed by atoms with Gasteiger partial charge < -0.3 is 24.8 Å². The molecule has 0 radical (unpaired) electrons. The Hall–Kier alpha value is -3.22. The number of likely N-dealkylation sites (N-methyl/N-ethyl adjacent to an activating group) is 1. The van der Waals surface area contributed by atoms with Gasteiger partial charge in [-0.1, -0.05) is 42.5 Å². The maximum absolute atomic E-state index is 12.1. The van der Waals surface area contributed by atoms with Crippen LogP contribution in [0.25, 0.3) is 0 Å². The Bertz CT molecular complexity index is 861. The molecule has 0 spiro atoms. The van der Waals surface area contributed by atoms with Crippen molar-refractivity contribution in [2.75, 3.05) is 65.4 Å². The number of aliphatic imine (C=N–C) groups is 1. The number of nitrogens with one attached hydrogen (secondary N) is 1. The van der Waals surface area contributed by atoms with E-state index in [-0.39, 0.29) is 12.5 Å². The van der Waals surface area contributed by atoms with Gasteiger partial charge in [0.1, 0.15) is 12.3 Å². The van der Waals surface area contributed by atoms with Gasteiger partial charge in [-0.05, 0) is 24.1 Å². The van der Waals surface area contributed by atoms with Crippen LogP contribution in [0.3, 0.4) is 0 Å². The number of anilines is 1. The Morgan fingerprint density at radius 1 is 1.03 bits per heavy atom. The molecule has 1 N–H and O–H groups in total. The van der Waals surface area contributed by atoms with E-state index in [9.17, 15) is 4.79 Å². The third-order valence-electron chi connectivity index (χ3n) is 5.41. The summed E-state index contributed by atoms with van der Waals surface area (Å²) in [6.07, 6.45) is 0.905. The smallest absolute Gasteiger partial charge is 0.243 e. The number of hydrogen-bond acceptors (Lipinski definition) is 4. The van der Waals surface area contributed by atoms with E-state index < -0.39 is 0 Å². The number of rotatable bonds is 7. The average Bonchev–Trinajstić information content (AvgIpc) is 2.81. The lowest BCUT2D eigenvalue weighted by Crippen LogP contribution is -2.53. The van der Waals surface area contributed by atoms with Crippen LogP contribution in [0.4, 0.5) is 5.69 Å². The molecule has 31 heavy (non-hydrogen) atoms. The van der Waals surface area contributed by atoms with E-state index in [1.165, 1.54) is 5.56 Å². The van der Waals surface area contributed by atoms with E-state index in [1.54, 1.807) is 26.1 Å². The topological polar surface area (TPSA) is 60.4 Å². The molecule has 3 rings (SSSR count). The Kier molecular flexibility index (Phi) is 8.15. The fourth-order valence-electron chi connectivity index (χ4n) is 3.57. The maximum Gasteiger partial charge on any atom is 0.243 e. The van der Waals surface area contributed by atoms with Crippen LogP contribution in [-0.4, -0.2) is 82.1 Å². The van der Waals surface area contributed by atoms with Crippen molar-refractivity contribution in [2.24, 2.45) is 4.99 Å². The van der Waals surface area contributed by atoms with E-state index in [0.29, 0.717) is 0 Å². The van der Waals surface area contributed by atoms with Crippen LogP contribution in [0.1, 0.15) is 5.56 Å². The number of methoxy groups -OCH3 is 1. The summed E-state index contributed by atoms with van der Waals surface area (Å²) >= 11 is 0. The van der Waals surface area contributed by atoms with Gasteiger partial charge in [0.2, 0.25) is 5.91 Å². The minimum Gasteiger partial charge on any atom is -0.495 e. The van der Waals surface area contributed by atoms with E-state index in [2.05, 4.69) is 50.4 Å². The molecule has 0 saturated carbocycles. The number of hydrogen-bond donors (Lipinski definition) is 1. The van der Waals surface area contributed by atoms with E-state index >= 15 is 0 Å². The van der Waals surface area contributed by atoms with E-state index in [1.807, 2.05) is 24.3 Å². The van der Waals surface area contributed by atoms with Crippen LogP contribution in [0, 0.1) is 0 Å². The minimum atomic E-state index is -0.00461. The first-order valence-corrected chi connectivity index (χ1v) is 10.7. The van der Waals surface area contributed by atoms with Crippen molar-refractivity contribution in [2.45, 2.75) is 6.42 Å². The maximum atomic E-state index is 12.1. The second-order valence-corrected chi connectivity index (χ2v) is 7.74. The number of carbonyl (C=O) groups excluding carboxylic acids is 1. The van der Waals surface area contributed by atoms with Gasteiger partial charge >= 0.3 is 0 Å². The van der Waals surface area contributed by atoms with Crippen LogP contribution >= 0.6 is 0 Å². The highest BCUT2D eigenvalue weighted by molar-refractivity contribution is 5.85. The van der Waals surface area contributed by atoms with Crippen molar-refractivity contribution in [1.29, 1.82) is 0 Å². The van der Waals surface area contributed by atoms with Gasteiger partial charge in [0.25, 0.3) is 0 Å². The molecule has 1 amide bonds. The van der Waals surface area contributed by atoms with Crippen LogP contribution in [0.5, 0.6) is 5.75 Å². The van der Waals surface area contributed by atoms with Crippen LogP contribution in [0.15, 0.2) is 59.6 Å². The van der Waals surface area contributed by atoms with Crippen LogP contribution in [0.2, 0.25) is 0 Å². The second kappa shape index (κ2) is 11.2. The molecular weight excluding hydrogens is 390 g/mol. The molecule has 0 atom stereocenters. The van der Waals surface area contributed by atoms with Gasteiger partial charge in [-0.2, -0.15) is 0 Å². The number of para-hydroxylation sites is 2. The monoisotopic (exact) mass is 423 g/mol. The molecule has 1 saturated heterocycles. The van der Waals surface area contributed by atoms with E-state index in [0.717, 1.165) is 56.5 Å². The Balaban J connectivity index is 1.63. The lowest BCUT2D eigenvalue weighted by Gasteiger charge is -2.38. The molecule has 166 valence electrons. The minimum absolute atomic E-state index is 0.00461. The molecule has 7 heteroatoms. The molecule has 0 unspecified atom stereocenters. The third-order valence-corrected chi connectivity index (χ3v) is 5.41. The molecule has 1 heterocycles. The van der Waals surface area contributed by atoms with E-state index in [4.69, 9.17) is 4.74 Å². The number of carbonyl (C=O) groups is 1.